The number of aryl methyl sites for hydroxylation is 1. The number of pyridine rings is 1. The van der Waals surface area contributed by atoms with Gasteiger partial charge in [-0.2, -0.15) is 0 Å². The predicted octanol–water partition coefficient (Wildman–Crippen LogP) is 2.83. The Kier molecular flexibility index (Phi) is 5.11. The molecule has 1 aliphatic heterocycles. The van der Waals surface area contributed by atoms with Crippen molar-refractivity contribution in [1.29, 1.82) is 0 Å². The van der Waals surface area contributed by atoms with Gasteiger partial charge in [0.05, 0.1) is 13.2 Å². The molecule has 1 atom stereocenters. The van der Waals surface area contributed by atoms with Gasteiger partial charge in [0.25, 0.3) is 5.91 Å². The van der Waals surface area contributed by atoms with E-state index in [9.17, 15) is 4.79 Å². The fraction of sp³-hybridized carbons (Fsp3) is 0.368. The van der Waals surface area contributed by atoms with E-state index in [-0.39, 0.29) is 12.0 Å². The quantitative estimate of drug-likeness (QED) is 0.848. The molecule has 1 fully saturated rings. The number of hydrogen-bond donors (Lipinski definition) is 0. The lowest BCUT2D eigenvalue weighted by molar-refractivity contribution is 0.0783. The van der Waals surface area contributed by atoms with E-state index in [4.69, 9.17) is 9.47 Å². The Morgan fingerprint density at radius 1 is 1.38 bits per heavy atom. The van der Waals surface area contributed by atoms with Crippen molar-refractivity contribution in [2.75, 3.05) is 20.3 Å². The Bertz CT molecular complexity index is 711. The van der Waals surface area contributed by atoms with E-state index >= 15 is 0 Å². The summed E-state index contributed by atoms with van der Waals surface area (Å²) in [7, 11) is 1.81. The van der Waals surface area contributed by atoms with Crippen LogP contribution in [-0.2, 0) is 11.3 Å². The first-order valence-electron chi connectivity index (χ1n) is 8.14. The highest BCUT2D eigenvalue weighted by Crippen LogP contribution is 2.17. The minimum atomic E-state index is -0.0480. The molecule has 0 aliphatic carbocycles. The summed E-state index contributed by atoms with van der Waals surface area (Å²) in [5, 5.41) is 0. The average Bonchev–Trinajstić information content (AvgIpc) is 3.09. The van der Waals surface area contributed by atoms with E-state index in [0.717, 1.165) is 12.0 Å². The van der Waals surface area contributed by atoms with Crippen LogP contribution in [0.4, 0.5) is 0 Å². The zero-order valence-corrected chi connectivity index (χ0v) is 14.1. The molecule has 0 bridgehead atoms. The largest absolute Gasteiger partial charge is 0.472 e. The first kappa shape index (κ1) is 16.5. The van der Waals surface area contributed by atoms with Crippen molar-refractivity contribution in [2.24, 2.45) is 0 Å². The summed E-state index contributed by atoms with van der Waals surface area (Å²) >= 11 is 0. The number of ether oxygens (including phenoxy) is 2. The molecule has 2 aromatic rings. The monoisotopic (exact) mass is 326 g/mol. The normalized spacial score (nSPS) is 16.8. The second-order valence-corrected chi connectivity index (χ2v) is 6.07. The van der Waals surface area contributed by atoms with E-state index in [0.29, 0.717) is 31.2 Å². The predicted molar refractivity (Wildman–Crippen MR) is 91.1 cm³/mol. The van der Waals surface area contributed by atoms with E-state index in [1.807, 2.05) is 18.2 Å². The molecule has 5 heteroatoms. The topological polar surface area (TPSA) is 51.7 Å². The van der Waals surface area contributed by atoms with Gasteiger partial charge in [-0.25, -0.2) is 4.98 Å². The summed E-state index contributed by atoms with van der Waals surface area (Å²) < 4.78 is 11.1. The maximum absolute atomic E-state index is 12.7. The molecule has 0 spiro atoms. The third kappa shape index (κ3) is 3.92. The summed E-state index contributed by atoms with van der Waals surface area (Å²) in [6, 6.07) is 11.5. The SMILES string of the molecule is Cc1ccccc1CN(C)C(=O)c1ccnc(O[C@H]2CCOC2)c1. The molecule has 1 aliphatic rings. The summed E-state index contributed by atoms with van der Waals surface area (Å²) in [4.78, 5) is 18.6. The minimum Gasteiger partial charge on any atom is -0.472 e. The highest BCUT2D eigenvalue weighted by molar-refractivity contribution is 5.94. The van der Waals surface area contributed by atoms with Crippen LogP contribution in [0.3, 0.4) is 0 Å². The van der Waals surface area contributed by atoms with Gasteiger partial charge in [-0.1, -0.05) is 24.3 Å². The maximum Gasteiger partial charge on any atom is 0.254 e. The molecule has 1 aromatic carbocycles. The van der Waals surface area contributed by atoms with Crippen LogP contribution in [0.2, 0.25) is 0 Å². The molecule has 1 aromatic heterocycles. The second kappa shape index (κ2) is 7.45. The molecule has 0 N–H and O–H groups in total. The first-order chi connectivity index (χ1) is 11.6. The lowest BCUT2D eigenvalue weighted by Crippen LogP contribution is -2.26. The lowest BCUT2D eigenvalue weighted by atomic mass is 10.1. The van der Waals surface area contributed by atoms with E-state index in [2.05, 4.69) is 18.0 Å². The molecule has 24 heavy (non-hydrogen) atoms. The zero-order valence-electron chi connectivity index (χ0n) is 14.1. The van der Waals surface area contributed by atoms with Crippen LogP contribution in [0, 0.1) is 6.92 Å². The van der Waals surface area contributed by atoms with Crippen molar-refractivity contribution in [3.8, 4) is 5.88 Å². The molecule has 2 heterocycles. The Hall–Kier alpha value is -2.40. The van der Waals surface area contributed by atoms with Gasteiger partial charge in [0.2, 0.25) is 5.88 Å². The summed E-state index contributed by atoms with van der Waals surface area (Å²) in [5.74, 6) is 0.425. The van der Waals surface area contributed by atoms with Crippen LogP contribution in [0.1, 0.15) is 27.9 Å². The van der Waals surface area contributed by atoms with Gasteiger partial charge in [-0.15, -0.1) is 0 Å². The average molecular weight is 326 g/mol. The molecular formula is C19H22N2O3. The smallest absolute Gasteiger partial charge is 0.254 e. The van der Waals surface area contributed by atoms with Crippen LogP contribution < -0.4 is 4.74 Å². The molecular weight excluding hydrogens is 304 g/mol. The van der Waals surface area contributed by atoms with Crippen molar-refractivity contribution < 1.29 is 14.3 Å². The fourth-order valence-electron chi connectivity index (χ4n) is 2.72. The standard InChI is InChI=1S/C19H22N2O3/c1-14-5-3-4-6-16(14)12-21(2)19(22)15-7-9-20-18(11-15)24-17-8-10-23-13-17/h3-7,9,11,17H,8,10,12-13H2,1-2H3/t17-/m0/s1. The molecule has 0 radical (unpaired) electrons. The van der Waals surface area contributed by atoms with Crippen LogP contribution >= 0.6 is 0 Å². The number of nitrogens with zero attached hydrogens (tertiary/aromatic N) is 2. The van der Waals surface area contributed by atoms with Gasteiger partial charge < -0.3 is 14.4 Å². The fourth-order valence-corrected chi connectivity index (χ4v) is 2.72. The first-order valence-corrected chi connectivity index (χ1v) is 8.14. The summed E-state index contributed by atoms with van der Waals surface area (Å²) in [6.45, 7) is 3.91. The number of rotatable bonds is 5. The Morgan fingerprint density at radius 3 is 2.96 bits per heavy atom. The number of amides is 1. The highest BCUT2D eigenvalue weighted by Gasteiger charge is 2.19. The molecule has 1 saturated heterocycles. The van der Waals surface area contributed by atoms with Gasteiger partial charge >= 0.3 is 0 Å². The Morgan fingerprint density at radius 2 is 2.21 bits per heavy atom. The number of hydrogen-bond acceptors (Lipinski definition) is 4. The van der Waals surface area contributed by atoms with Gasteiger partial charge in [-0.05, 0) is 24.1 Å². The van der Waals surface area contributed by atoms with E-state index in [1.165, 1.54) is 5.56 Å². The maximum atomic E-state index is 12.7. The highest BCUT2D eigenvalue weighted by atomic mass is 16.5. The Balaban J connectivity index is 1.68. The van der Waals surface area contributed by atoms with Crippen LogP contribution in [0.5, 0.6) is 5.88 Å². The van der Waals surface area contributed by atoms with Crippen LogP contribution in [0.25, 0.3) is 0 Å². The number of carbonyl (C=O) groups is 1. The van der Waals surface area contributed by atoms with Crippen molar-refractivity contribution in [3.05, 3.63) is 59.3 Å². The van der Waals surface area contributed by atoms with E-state index < -0.39 is 0 Å². The van der Waals surface area contributed by atoms with Crippen LogP contribution in [-0.4, -0.2) is 42.2 Å². The molecule has 0 saturated carbocycles. The van der Waals surface area contributed by atoms with Crippen LogP contribution in [0.15, 0.2) is 42.6 Å². The summed E-state index contributed by atoms with van der Waals surface area (Å²) in [6.07, 6.45) is 2.49. The van der Waals surface area contributed by atoms with Gasteiger partial charge in [0.1, 0.15) is 6.10 Å². The third-order valence-electron chi connectivity index (χ3n) is 4.17. The third-order valence-corrected chi connectivity index (χ3v) is 4.17. The van der Waals surface area contributed by atoms with Gasteiger partial charge in [0.15, 0.2) is 0 Å². The van der Waals surface area contributed by atoms with Crippen molar-refractivity contribution in [2.45, 2.75) is 26.0 Å². The number of carbonyl (C=O) groups excluding carboxylic acids is 1. The van der Waals surface area contributed by atoms with Gasteiger partial charge in [0, 0.05) is 37.8 Å². The van der Waals surface area contributed by atoms with Crippen molar-refractivity contribution in [3.63, 3.8) is 0 Å². The molecule has 5 nitrogen and oxygen atoms in total. The second-order valence-electron chi connectivity index (χ2n) is 6.07. The molecule has 0 unspecified atom stereocenters. The Labute approximate surface area is 142 Å². The number of benzene rings is 1. The number of aromatic nitrogens is 1. The molecule has 3 rings (SSSR count). The van der Waals surface area contributed by atoms with Crippen molar-refractivity contribution >= 4 is 5.91 Å². The zero-order chi connectivity index (χ0) is 16.9. The summed E-state index contributed by atoms with van der Waals surface area (Å²) in [5.41, 5.74) is 2.90. The molecule has 126 valence electrons. The van der Waals surface area contributed by atoms with Crippen molar-refractivity contribution in [1.82, 2.24) is 9.88 Å². The lowest BCUT2D eigenvalue weighted by Gasteiger charge is -2.19. The molecule has 1 amide bonds. The van der Waals surface area contributed by atoms with Gasteiger partial charge in [-0.3, -0.25) is 4.79 Å². The minimum absolute atomic E-state index is 0.0209. The van der Waals surface area contributed by atoms with E-state index in [1.54, 1.807) is 30.3 Å².